The van der Waals surface area contributed by atoms with Crippen molar-refractivity contribution in [2.24, 2.45) is 0 Å². The van der Waals surface area contributed by atoms with E-state index in [0.29, 0.717) is 5.56 Å². The van der Waals surface area contributed by atoms with Crippen molar-refractivity contribution >= 4 is 26.8 Å². The van der Waals surface area contributed by atoms with Crippen molar-refractivity contribution in [2.75, 3.05) is 0 Å². The minimum atomic E-state index is -3.89. The Labute approximate surface area is 157 Å². The van der Waals surface area contributed by atoms with Crippen LogP contribution in [0.2, 0.25) is 0 Å². The largest absolute Gasteiger partial charge is 0.480 e. The van der Waals surface area contributed by atoms with Gasteiger partial charge in [0.25, 0.3) is 0 Å². The SMILES string of the molecule is C[C@@H](NS(=O)(=O)c1ccc(C#Cc2ccc3ccccc3c2)cc1)C(=O)O. The number of nitrogens with one attached hydrogen (secondary N) is 1. The van der Waals surface area contributed by atoms with Gasteiger partial charge in [-0.2, -0.15) is 4.72 Å². The summed E-state index contributed by atoms with van der Waals surface area (Å²) < 4.78 is 26.4. The molecule has 0 saturated carbocycles. The Bertz CT molecular complexity index is 1160. The lowest BCUT2D eigenvalue weighted by molar-refractivity contribution is -0.138. The summed E-state index contributed by atoms with van der Waals surface area (Å²) in [5.41, 5.74) is 1.52. The second-order valence-corrected chi connectivity index (χ2v) is 7.73. The second kappa shape index (κ2) is 7.62. The average Bonchev–Trinajstić information content (AvgIpc) is 2.66. The molecule has 2 N–H and O–H groups in total. The number of sulfonamides is 1. The van der Waals surface area contributed by atoms with E-state index >= 15 is 0 Å². The first-order valence-corrected chi connectivity index (χ1v) is 9.69. The van der Waals surface area contributed by atoms with Gasteiger partial charge in [-0.05, 0) is 54.1 Å². The molecule has 1 atom stereocenters. The number of hydrogen-bond acceptors (Lipinski definition) is 3. The van der Waals surface area contributed by atoms with Gasteiger partial charge < -0.3 is 5.11 Å². The highest BCUT2D eigenvalue weighted by Gasteiger charge is 2.21. The van der Waals surface area contributed by atoms with Crippen molar-refractivity contribution < 1.29 is 18.3 Å². The summed E-state index contributed by atoms with van der Waals surface area (Å²) in [5.74, 6) is 4.83. The third kappa shape index (κ3) is 4.53. The fourth-order valence-electron chi connectivity index (χ4n) is 2.48. The Kier molecular flexibility index (Phi) is 5.26. The molecule has 5 nitrogen and oxygen atoms in total. The molecule has 0 unspecified atom stereocenters. The van der Waals surface area contributed by atoms with Gasteiger partial charge >= 0.3 is 5.97 Å². The van der Waals surface area contributed by atoms with E-state index in [9.17, 15) is 13.2 Å². The number of rotatable bonds is 4. The van der Waals surface area contributed by atoms with Crippen molar-refractivity contribution in [1.82, 2.24) is 4.72 Å². The highest BCUT2D eigenvalue weighted by atomic mass is 32.2. The molecule has 27 heavy (non-hydrogen) atoms. The number of fused-ring (bicyclic) bond motifs is 1. The minimum absolute atomic E-state index is 0.00754. The molecule has 0 aliphatic carbocycles. The van der Waals surface area contributed by atoms with Crippen molar-refractivity contribution in [1.29, 1.82) is 0 Å². The Morgan fingerprint density at radius 2 is 1.52 bits per heavy atom. The van der Waals surface area contributed by atoms with Gasteiger partial charge in [-0.3, -0.25) is 4.79 Å². The van der Waals surface area contributed by atoms with Crippen LogP contribution in [0.15, 0.2) is 71.6 Å². The summed E-state index contributed by atoms with van der Waals surface area (Å²) in [5, 5.41) is 11.1. The first-order valence-electron chi connectivity index (χ1n) is 8.21. The van der Waals surface area contributed by atoms with Gasteiger partial charge in [-0.15, -0.1) is 0 Å². The molecule has 0 radical (unpaired) electrons. The van der Waals surface area contributed by atoms with Crippen molar-refractivity contribution in [3.8, 4) is 11.8 Å². The van der Waals surface area contributed by atoms with Crippen LogP contribution in [0, 0.1) is 11.8 Å². The summed E-state index contributed by atoms with van der Waals surface area (Å²) in [6, 6.07) is 18.7. The van der Waals surface area contributed by atoms with Crippen LogP contribution in [-0.4, -0.2) is 25.5 Å². The van der Waals surface area contributed by atoms with Crippen LogP contribution in [0.5, 0.6) is 0 Å². The molecule has 0 bridgehead atoms. The van der Waals surface area contributed by atoms with E-state index in [-0.39, 0.29) is 4.90 Å². The molecular weight excluding hydrogens is 362 g/mol. The third-order valence-corrected chi connectivity index (χ3v) is 5.52. The number of carboxylic acid groups (broad SMARTS) is 1. The molecule has 0 saturated heterocycles. The maximum Gasteiger partial charge on any atom is 0.321 e. The minimum Gasteiger partial charge on any atom is -0.480 e. The topological polar surface area (TPSA) is 83.5 Å². The molecule has 3 aromatic rings. The fraction of sp³-hybridized carbons (Fsp3) is 0.0952. The van der Waals surface area contributed by atoms with Crippen LogP contribution < -0.4 is 4.72 Å². The maximum absolute atomic E-state index is 12.2. The molecule has 3 rings (SSSR count). The van der Waals surface area contributed by atoms with E-state index in [1.165, 1.54) is 19.1 Å². The number of benzene rings is 3. The fourth-order valence-corrected chi connectivity index (χ4v) is 3.68. The Morgan fingerprint density at radius 1 is 0.926 bits per heavy atom. The zero-order chi connectivity index (χ0) is 19.4. The van der Waals surface area contributed by atoms with Crippen LogP contribution in [0.4, 0.5) is 0 Å². The van der Waals surface area contributed by atoms with E-state index in [0.717, 1.165) is 16.3 Å². The van der Waals surface area contributed by atoms with Crippen LogP contribution >= 0.6 is 0 Å². The normalized spacial score (nSPS) is 12.2. The number of carbonyl (C=O) groups is 1. The van der Waals surface area contributed by atoms with Gasteiger partial charge in [-0.25, -0.2) is 8.42 Å². The van der Waals surface area contributed by atoms with Gasteiger partial charge in [0, 0.05) is 11.1 Å². The summed E-state index contributed by atoms with van der Waals surface area (Å²) >= 11 is 0. The Hall–Kier alpha value is -3.14. The van der Waals surface area contributed by atoms with E-state index in [1.54, 1.807) is 12.1 Å². The van der Waals surface area contributed by atoms with Crippen LogP contribution in [-0.2, 0) is 14.8 Å². The van der Waals surface area contributed by atoms with Crippen LogP contribution in [0.1, 0.15) is 18.1 Å². The van der Waals surface area contributed by atoms with Crippen molar-refractivity contribution in [3.63, 3.8) is 0 Å². The number of hydrogen-bond donors (Lipinski definition) is 2. The van der Waals surface area contributed by atoms with Gasteiger partial charge in [-0.1, -0.05) is 42.2 Å². The van der Waals surface area contributed by atoms with E-state index in [2.05, 4.69) is 16.6 Å². The molecule has 0 heterocycles. The predicted octanol–water partition coefficient (Wildman–Crippen LogP) is 2.99. The Morgan fingerprint density at radius 3 is 2.19 bits per heavy atom. The van der Waals surface area contributed by atoms with Gasteiger partial charge in [0.1, 0.15) is 6.04 Å². The maximum atomic E-state index is 12.2. The van der Waals surface area contributed by atoms with E-state index in [4.69, 9.17) is 5.11 Å². The highest BCUT2D eigenvalue weighted by molar-refractivity contribution is 7.89. The first-order chi connectivity index (χ1) is 12.8. The zero-order valence-corrected chi connectivity index (χ0v) is 15.3. The lowest BCUT2D eigenvalue weighted by atomic mass is 10.1. The van der Waals surface area contributed by atoms with Crippen LogP contribution in [0.3, 0.4) is 0 Å². The molecule has 6 heteroatoms. The van der Waals surface area contributed by atoms with E-state index < -0.39 is 22.0 Å². The summed E-state index contributed by atoms with van der Waals surface area (Å²) in [4.78, 5) is 10.8. The standard InChI is InChI=1S/C21H17NO4S/c1-15(21(23)24)22-27(25,26)20-12-9-16(10-13-20)6-7-17-8-11-18-4-2-3-5-19(18)14-17/h2-5,8-15,22H,1H3,(H,23,24)/t15-/m1/s1. The molecule has 0 amide bonds. The summed E-state index contributed by atoms with van der Waals surface area (Å²) in [6.45, 7) is 1.27. The highest BCUT2D eigenvalue weighted by Crippen LogP contribution is 2.15. The lowest BCUT2D eigenvalue weighted by Gasteiger charge is -2.10. The zero-order valence-electron chi connectivity index (χ0n) is 14.5. The van der Waals surface area contributed by atoms with Crippen molar-refractivity contribution in [2.45, 2.75) is 17.9 Å². The molecule has 0 spiro atoms. The molecule has 0 aliphatic rings. The number of aliphatic carboxylic acids is 1. The first kappa shape index (κ1) is 18.6. The predicted molar refractivity (Wildman–Crippen MR) is 104 cm³/mol. The number of carboxylic acids is 1. The molecule has 0 aromatic heterocycles. The summed E-state index contributed by atoms with van der Waals surface area (Å²) in [7, 11) is -3.89. The van der Waals surface area contributed by atoms with Crippen LogP contribution in [0.25, 0.3) is 10.8 Å². The third-order valence-electron chi connectivity index (χ3n) is 3.97. The Balaban J connectivity index is 1.80. The lowest BCUT2D eigenvalue weighted by Crippen LogP contribution is -2.38. The average molecular weight is 379 g/mol. The molecule has 0 aliphatic heterocycles. The quantitative estimate of drug-likeness (QED) is 0.683. The van der Waals surface area contributed by atoms with Gasteiger partial charge in [0.05, 0.1) is 4.90 Å². The van der Waals surface area contributed by atoms with Gasteiger partial charge in [0.15, 0.2) is 0 Å². The molecule has 3 aromatic carbocycles. The molecule has 136 valence electrons. The molecule has 0 fully saturated rings. The van der Waals surface area contributed by atoms with Crippen molar-refractivity contribution in [3.05, 3.63) is 77.9 Å². The van der Waals surface area contributed by atoms with Gasteiger partial charge in [0.2, 0.25) is 10.0 Å². The molecular formula is C21H17NO4S. The van der Waals surface area contributed by atoms with E-state index in [1.807, 2.05) is 42.5 Å². The monoisotopic (exact) mass is 379 g/mol. The summed E-state index contributed by atoms with van der Waals surface area (Å²) in [6.07, 6.45) is 0. The smallest absolute Gasteiger partial charge is 0.321 e. The second-order valence-electron chi connectivity index (χ2n) is 6.02.